The molecule has 0 saturated carbocycles. The Bertz CT molecular complexity index is 1220. The second-order valence-corrected chi connectivity index (χ2v) is 7.35. The zero-order chi connectivity index (χ0) is 19.5. The summed E-state index contributed by atoms with van der Waals surface area (Å²) in [6, 6.07) is 17.7. The highest BCUT2D eigenvalue weighted by Gasteiger charge is 2.07. The van der Waals surface area contributed by atoms with Gasteiger partial charge in [0, 0.05) is 24.2 Å². The molecule has 0 saturated heterocycles. The lowest BCUT2D eigenvalue weighted by molar-refractivity contribution is -0.117. The summed E-state index contributed by atoms with van der Waals surface area (Å²) in [5.74, 6) is -0.400. The molecule has 0 aliphatic heterocycles. The Hall–Kier alpha value is -3.52. The van der Waals surface area contributed by atoms with E-state index >= 15 is 0 Å². The van der Waals surface area contributed by atoms with Crippen LogP contribution in [0.1, 0.15) is 10.6 Å². The zero-order valence-electron chi connectivity index (χ0n) is 14.7. The highest BCUT2D eigenvalue weighted by atomic mass is 32.1. The number of H-pyrrole nitrogens is 1. The fourth-order valence-electron chi connectivity index (χ4n) is 2.80. The first-order chi connectivity index (χ1) is 13.6. The molecule has 0 fully saturated rings. The molecule has 7 nitrogen and oxygen atoms in total. The van der Waals surface area contributed by atoms with Gasteiger partial charge >= 0.3 is 0 Å². The lowest BCUT2D eigenvalue weighted by Crippen LogP contribution is -2.32. The monoisotopic (exact) mass is 392 g/mol. The standard InChI is InChI=1S/C20H16N4O3S/c25-17-9-10-20(27)24(23-17)12-18(26)21-14-7-5-13(6-8-14)11-19-22-15-3-1-2-4-16(15)28-19/h1-10H,11-12H2,(H,21,26)(H,23,25). The van der Waals surface area contributed by atoms with Gasteiger partial charge in [-0.2, -0.15) is 0 Å². The van der Waals surface area contributed by atoms with E-state index < -0.39 is 17.0 Å². The maximum atomic E-state index is 12.1. The number of rotatable bonds is 5. The Morgan fingerprint density at radius 1 is 1.04 bits per heavy atom. The molecule has 0 spiro atoms. The van der Waals surface area contributed by atoms with Crippen LogP contribution in [-0.4, -0.2) is 20.7 Å². The lowest BCUT2D eigenvalue weighted by atomic mass is 10.1. The van der Waals surface area contributed by atoms with Crippen LogP contribution in [-0.2, 0) is 17.8 Å². The van der Waals surface area contributed by atoms with E-state index in [-0.39, 0.29) is 6.54 Å². The third kappa shape index (κ3) is 4.07. The Kier molecular flexibility index (Phi) is 4.86. The number of thiazole rings is 1. The zero-order valence-corrected chi connectivity index (χ0v) is 15.5. The van der Waals surface area contributed by atoms with Crippen molar-refractivity contribution in [3.63, 3.8) is 0 Å². The summed E-state index contributed by atoms with van der Waals surface area (Å²) in [7, 11) is 0. The van der Waals surface area contributed by atoms with Gasteiger partial charge < -0.3 is 5.32 Å². The molecule has 0 radical (unpaired) electrons. The smallest absolute Gasteiger partial charge is 0.265 e. The van der Waals surface area contributed by atoms with Crippen LogP contribution in [0.2, 0.25) is 0 Å². The van der Waals surface area contributed by atoms with E-state index in [4.69, 9.17) is 0 Å². The fourth-order valence-corrected chi connectivity index (χ4v) is 3.80. The number of hydrogen-bond acceptors (Lipinski definition) is 5. The number of para-hydroxylation sites is 1. The predicted molar refractivity (Wildman–Crippen MR) is 109 cm³/mol. The molecule has 28 heavy (non-hydrogen) atoms. The Morgan fingerprint density at radius 2 is 1.82 bits per heavy atom. The first-order valence-corrected chi connectivity index (χ1v) is 9.42. The highest BCUT2D eigenvalue weighted by Crippen LogP contribution is 2.24. The van der Waals surface area contributed by atoms with Gasteiger partial charge in [-0.05, 0) is 29.8 Å². The molecule has 2 aromatic heterocycles. The molecule has 140 valence electrons. The molecule has 1 amide bonds. The molecule has 0 bridgehead atoms. The summed E-state index contributed by atoms with van der Waals surface area (Å²) in [6.07, 6.45) is 0.716. The van der Waals surface area contributed by atoms with Crippen LogP contribution in [0, 0.1) is 0 Å². The largest absolute Gasteiger partial charge is 0.324 e. The molecule has 8 heteroatoms. The first kappa shape index (κ1) is 17.9. The number of benzene rings is 2. The molecule has 2 heterocycles. The van der Waals surface area contributed by atoms with Crippen LogP contribution in [0.15, 0.2) is 70.3 Å². The van der Waals surface area contributed by atoms with Crippen LogP contribution >= 0.6 is 11.3 Å². The van der Waals surface area contributed by atoms with Gasteiger partial charge in [-0.3, -0.25) is 19.5 Å². The topological polar surface area (TPSA) is 96.9 Å². The van der Waals surface area contributed by atoms with Crippen molar-refractivity contribution in [1.82, 2.24) is 14.8 Å². The van der Waals surface area contributed by atoms with E-state index in [0.717, 1.165) is 37.6 Å². The fraction of sp³-hybridized carbons (Fsp3) is 0.100. The number of nitrogens with zero attached hydrogens (tertiary/aromatic N) is 2. The van der Waals surface area contributed by atoms with E-state index in [1.807, 2.05) is 30.3 Å². The van der Waals surface area contributed by atoms with Crippen LogP contribution in [0.5, 0.6) is 0 Å². The second-order valence-electron chi connectivity index (χ2n) is 6.23. The summed E-state index contributed by atoms with van der Waals surface area (Å²) in [4.78, 5) is 39.7. The highest BCUT2D eigenvalue weighted by molar-refractivity contribution is 7.18. The van der Waals surface area contributed by atoms with E-state index in [9.17, 15) is 14.4 Å². The van der Waals surface area contributed by atoms with Gasteiger partial charge in [-0.15, -0.1) is 11.3 Å². The molecule has 0 aliphatic rings. The first-order valence-electron chi connectivity index (χ1n) is 8.60. The molecule has 0 unspecified atom stereocenters. The van der Waals surface area contributed by atoms with Gasteiger partial charge in [-0.1, -0.05) is 24.3 Å². The normalized spacial score (nSPS) is 10.9. The Morgan fingerprint density at radius 3 is 2.61 bits per heavy atom. The number of carbonyl (C=O) groups is 1. The van der Waals surface area contributed by atoms with Crippen LogP contribution in [0.3, 0.4) is 0 Å². The van der Waals surface area contributed by atoms with Crippen LogP contribution in [0.4, 0.5) is 5.69 Å². The van der Waals surface area contributed by atoms with Crippen molar-refractivity contribution < 1.29 is 4.79 Å². The van der Waals surface area contributed by atoms with Gasteiger partial charge in [0.25, 0.3) is 11.1 Å². The molecular formula is C20H16N4O3S. The maximum Gasteiger partial charge on any atom is 0.265 e. The average Bonchev–Trinajstić information content (AvgIpc) is 3.08. The molecule has 4 aromatic rings. The molecule has 0 aliphatic carbocycles. The minimum atomic E-state index is -0.444. The average molecular weight is 392 g/mol. The number of anilines is 1. The van der Waals surface area contributed by atoms with Gasteiger partial charge in [-0.25, -0.2) is 9.67 Å². The summed E-state index contributed by atoms with van der Waals surface area (Å²) in [5, 5.41) is 6.07. The molecule has 2 aromatic carbocycles. The number of carbonyl (C=O) groups excluding carboxylic acids is 1. The number of hydrogen-bond donors (Lipinski definition) is 2. The van der Waals surface area contributed by atoms with E-state index in [0.29, 0.717) is 12.1 Å². The van der Waals surface area contributed by atoms with Crippen molar-refractivity contribution in [2.24, 2.45) is 0 Å². The SMILES string of the molecule is O=C(Cn1[nH]c(=O)ccc1=O)Nc1ccc(Cc2nc3ccccc3s2)cc1. The van der Waals surface area contributed by atoms with Gasteiger partial charge in [0.05, 0.1) is 15.2 Å². The number of amides is 1. The van der Waals surface area contributed by atoms with Crippen molar-refractivity contribution in [3.8, 4) is 0 Å². The van der Waals surface area contributed by atoms with Crippen molar-refractivity contribution >= 4 is 33.1 Å². The minimum Gasteiger partial charge on any atom is -0.324 e. The molecular weight excluding hydrogens is 376 g/mol. The van der Waals surface area contributed by atoms with E-state index in [1.165, 1.54) is 0 Å². The van der Waals surface area contributed by atoms with Crippen LogP contribution in [0.25, 0.3) is 10.2 Å². The number of aromatic nitrogens is 3. The van der Waals surface area contributed by atoms with Crippen molar-refractivity contribution in [2.75, 3.05) is 5.32 Å². The van der Waals surface area contributed by atoms with E-state index in [2.05, 4.69) is 21.5 Å². The molecule has 0 atom stereocenters. The van der Waals surface area contributed by atoms with E-state index in [1.54, 1.807) is 23.5 Å². The summed E-state index contributed by atoms with van der Waals surface area (Å²) in [6.45, 7) is -0.262. The van der Waals surface area contributed by atoms with Gasteiger partial charge in [0.1, 0.15) is 6.54 Å². The van der Waals surface area contributed by atoms with Crippen molar-refractivity contribution in [2.45, 2.75) is 13.0 Å². The summed E-state index contributed by atoms with van der Waals surface area (Å²) >= 11 is 1.67. The number of aromatic amines is 1. The number of fused-ring (bicyclic) bond motifs is 1. The second kappa shape index (κ2) is 7.61. The third-order valence-electron chi connectivity index (χ3n) is 4.12. The van der Waals surface area contributed by atoms with Crippen molar-refractivity contribution in [3.05, 3.63) is 91.9 Å². The van der Waals surface area contributed by atoms with Crippen molar-refractivity contribution in [1.29, 1.82) is 0 Å². The molecule has 2 N–H and O–H groups in total. The number of nitrogens with one attached hydrogen (secondary N) is 2. The quantitative estimate of drug-likeness (QED) is 0.545. The minimum absolute atomic E-state index is 0.262. The predicted octanol–water partition coefficient (Wildman–Crippen LogP) is 2.38. The summed E-state index contributed by atoms with van der Waals surface area (Å²) < 4.78 is 2.13. The van der Waals surface area contributed by atoms with Gasteiger partial charge in [0.15, 0.2) is 0 Å². The Balaban J connectivity index is 1.41. The Labute approximate surface area is 163 Å². The summed E-state index contributed by atoms with van der Waals surface area (Å²) in [5.41, 5.74) is 1.82. The van der Waals surface area contributed by atoms with Gasteiger partial charge in [0.2, 0.25) is 5.91 Å². The maximum absolute atomic E-state index is 12.1. The molecule has 4 rings (SSSR count). The third-order valence-corrected chi connectivity index (χ3v) is 5.16. The van der Waals surface area contributed by atoms with Crippen LogP contribution < -0.4 is 16.4 Å². The lowest BCUT2D eigenvalue weighted by Gasteiger charge is -2.07.